The van der Waals surface area contributed by atoms with Crippen molar-refractivity contribution >= 4 is 94.7 Å². The number of carbonyl (C=O) groups is 14. The van der Waals surface area contributed by atoms with Gasteiger partial charge < -0.3 is 114 Å². The van der Waals surface area contributed by atoms with Crippen LogP contribution in [-0.4, -0.2) is 209 Å². The third kappa shape index (κ3) is 42.3. The molecule has 0 aromatic heterocycles. The number of aliphatic hydroxyl groups excluding tert-OH is 1. The van der Waals surface area contributed by atoms with Crippen LogP contribution in [0.2, 0.25) is 0 Å². The fourth-order valence-corrected chi connectivity index (χ4v) is 9.97. The molecule has 0 saturated carbocycles. The molecule has 0 rings (SSSR count). The number of aliphatic imine (C=N–C) groups is 2. The molecule has 10 atom stereocenters. The molecule has 0 radical (unpaired) electrons. The number of aliphatic hydroxyl groups is 1. The Morgan fingerprint density at radius 1 is 0.359 bits per heavy atom. The number of amides is 13. The number of nitrogens with zero attached hydrogens (tertiary/aromatic N) is 2. The molecule has 0 aromatic carbocycles. The van der Waals surface area contributed by atoms with Crippen molar-refractivity contribution in [1.29, 1.82) is 0 Å². The number of nitrogens with one attached hydrogen (secondary N) is 12. The Hall–Kier alpha value is -9.00. The van der Waals surface area contributed by atoms with Gasteiger partial charge in [-0.3, -0.25) is 77.1 Å². The fourth-order valence-electron chi connectivity index (χ4n) is 9.97. The van der Waals surface area contributed by atoms with E-state index < -0.39 is 161 Å². The first-order chi connectivity index (χ1) is 47.7. The van der Waals surface area contributed by atoms with Crippen LogP contribution in [0.15, 0.2) is 9.98 Å². The fraction of sp³-hybridized carbons (Fsp3) is 0.758. The molecule has 590 valence electrons. The summed E-state index contributed by atoms with van der Waals surface area (Å²) >= 11 is 0. The van der Waals surface area contributed by atoms with Crippen LogP contribution in [0.5, 0.6) is 0 Å². The number of aliphatic carboxylic acids is 1. The van der Waals surface area contributed by atoms with Crippen molar-refractivity contribution in [2.24, 2.45) is 73.8 Å². The minimum Gasteiger partial charge on any atom is -0.481 e. The number of unbranched alkanes of at least 4 members (excludes halogenated alkanes) is 2. The lowest BCUT2D eigenvalue weighted by molar-refractivity contribution is -0.138. The molecule has 0 heterocycles. The molecule has 0 aliphatic carbocycles. The lowest BCUT2D eigenvalue weighted by Crippen LogP contribution is -2.64. The maximum absolute atomic E-state index is 14.6. The first-order valence-electron chi connectivity index (χ1n) is 35.0. The van der Waals surface area contributed by atoms with Gasteiger partial charge in [0.1, 0.15) is 71.5 Å². The summed E-state index contributed by atoms with van der Waals surface area (Å²) in [7, 11) is 0. The number of nitrogens with two attached hydrogens (primary N) is 7. The first-order valence-corrected chi connectivity index (χ1v) is 35.0. The van der Waals surface area contributed by atoms with E-state index in [1.807, 2.05) is 27.7 Å². The standard InChI is InChI=1S/C64H121N21O14.C2H4O2/c1-34(2)29-44(49(67)88)78-55(94)45(30-35(3)4)79-53(92)42(24-20-28-73-62(70)71)76-54(93)43(22-16-18-26-66)82-59(98)63(11,12)84-57(96)47(32-37(7)8)80-52(91)40(21-15-17-25-65)75-51(90)41(23-19-27-72-61(68)69)77-56(95)46(31-36(5)6)83-60(99)64(13,14)85-58(97)48(33-86)81-50(89)38(9)74-39(10)87;1-2(3)4/h34-38,40-48,86H,15-33,65-66H2,1-14H3,(H2,67,88)(H,74,87)(H,75,90)(H,76,93)(H,77,95)(H,78,94)(H,79,92)(H,80,91)(H,81,89)(H,82,98)(H,83,99)(H,84,96)(H,85,97)(H4,68,69,72)(H4,70,71,73);1H3,(H,3,4)/t38-,40-,41-,42-,43-,44-,45-,46-,47+,48-;/m0./s1. The quantitative estimate of drug-likeness (QED) is 0.0156. The number of primary amides is 1. The van der Waals surface area contributed by atoms with Gasteiger partial charge in [-0.05, 0) is 161 Å². The zero-order valence-electron chi connectivity index (χ0n) is 63.1. The van der Waals surface area contributed by atoms with Crippen molar-refractivity contribution in [1.82, 2.24) is 63.8 Å². The Balaban J connectivity index is 0. The van der Waals surface area contributed by atoms with Crippen LogP contribution < -0.4 is 104 Å². The number of rotatable bonds is 49. The topological polar surface area (TPSA) is 631 Å². The number of guanidine groups is 2. The second kappa shape index (κ2) is 49.6. The molecule has 103 heavy (non-hydrogen) atoms. The highest BCUT2D eigenvalue weighted by Crippen LogP contribution is 2.16. The minimum absolute atomic E-state index is 0.00852. The SMILES string of the molecule is CC(=O)N[C@@H](C)C(=O)N[C@@H](CO)C(=O)NC(C)(C)C(=O)N[C@@H](CC(C)C)C(=O)N[C@@H](CCCN=C(N)N)C(=O)N[C@@H](CCCCN)C(=O)N[C@H](CC(C)C)C(=O)NC(C)(C)C(=O)N[C@@H](CCCCN)C(=O)N[C@@H](CCCN=C(N)N)C(=O)N[C@@H](CC(C)C)C(=O)N[C@@H](CC(C)C)C(N)=O.CC(=O)O. The van der Waals surface area contributed by atoms with Crippen LogP contribution in [0.25, 0.3) is 0 Å². The van der Waals surface area contributed by atoms with Crippen LogP contribution in [0.4, 0.5) is 0 Å². The highest BCUT2D eigenvalue weighted by molar-refractivity contribution is 6.01. The van der Waals surface area contributed by atoms with E-state index in [0.717, 1.165) is 6.92 Å². The van der Waals surface area contributed by atoms with Crippen molar-refractivity contribution < 1.29 is 77.3 Å². The Kier molecular flexibility index (Phi) is 46.2. The maximum atomic E-state index is 14.6. The van der Waals surface area contributed by atoms with Gasteiger partial charge in [0.15, 0.2) is 11.9 Å². The van der Waals surface area contributed by atoms with Gasteiger partial charge >= 0.3 is 0 Å². The van der Waals surface area contributed by atoms with Gasteiger partial charge in [0.05, 0.1) is 6.61 Å². The molecule has 0 fully saturated rings. The summed E-state index contributed by atoms with van der Waals surface area (Å²) in [5, 5.41) is 48.8. The molecule has 37 nitrogen and oxygen atoms in total. The van der Waals surface area contributed by atoms with Crippen molar-refractivity contribution in [3.8, 4) is 0 Å². The molecule has 13 amide bonds. The van der Waals surface area contributed by atoms with Crippen LogP contribution in [-0.2, 0) is 67.1 Å². The Morgan fingerprint density at radius 2 is 0.621 bits per heavy atom. The van der Waals surface area contributed by atoms with E-state index in [2.05, 4.69) is 73.8 Å². The number of carbonyl (C=O) groups excluding carboxylic acids is 13. The average Bonchev–Trinajstić information content (AvgIpc) is 0.843. The number of carboxylic acids is 1. The lowest BCUT2D eigenvalue weighted by Gasteiger charge is -2.32. The summed E-state index contributed by atoms with van der Waals surface area (Å²) in [5.74, 6) is -12.3. The molecule has 0 unspecified atom stereocenters. The van der Waals surface area contributed by atoms with E-state index in [1.54, 1.807) is 27.7 Å². The third-order valence-corrected chi connectivity index (χ3v) is 15.3. The van der Waals surface area contributed by atoms with Gasteiger partial charge in [-0.15, -0.1) is 0 Å². The van der Waals surface area contributed by atoms with Crippen LogP contribution in [0, 0.1) is 23.7 Å². The van der Waals surface area contributed by atoms with Crippen LogP contribution in [0.1, 0.15) is 194 Å². The molecule has 37 heteroatoms. The highest BCUT2D eigenvalue weighted by atomic mass is 16.4. The summed E-state index contributed by atoms with van der Waals surface area (Å²) in [6, 6.07) is -12.9. The second-order valence-corrected chi connectivity index (χ2v) is 28.2. The van der Waals surface area contributed by atoms with Gasteiger partial charge in [-0.2, -0.15) is 0 Å². The molecule has 0 aliphatic heterocycles. The molecule has 0 spiro atoms. The predicted octanol–water partition coefficient (Wildman–Crippen LogP) is -4.22. The summed E-state index contributed by atoms with van der Waals surface area (Å²) in [4.78, 5) is 196. The van der Waals surface area contributed by atoms with Gasteiger partial charge in [-0.25, -0.2) is 0 Å². The lowest BCUT2D eigenvalue weighted by atomic mass is 9.98. The first kappa shape index (κ1) is 96.1. The van der Waals surface area contributed by atoms with Gasteiger partial charge in [0, 0.05) is 26.9 Å². The molecule has 0 aliphatic rings. The zero-order chi connectivity index (χ0) is 79.7. The monoisotopic (exact) mass is 1470 g/mol. The van der Waals surface area contributed by atoms with Gasteiger partial charge in [0.2, 0.25) is 76.8 Å². The molecule has 28 N–H and O–H groups in total. The number of hydrogen-bond donors (Lipinski definition) is 21. The van der Waals surface area contributed by atoms with E-state index in [1.165, 1.54) is 41.5 Å². The Labute approximate surface area is 605 Å². The normalized spacial score (nSPS) is 14.2. The minimum atomic E-state index is -1.80. The largest absolute Gasteiger partial charge is 0.481 e. The third-order valence-electron chi connectivity index (χ3n) is 15.3. The van der Waals surface area contributed by atoms with Crippen LogP contribution in [0.3, 0.4) is 0 Å². The zero-order valence-corrected chi connectivity index (χ0v) is 63.1. The Bertz CT molecular complexity index is 2820. The van der Waals surface area contributed by atoms with E-state index in [-0.39, 0.29) is 126 Å². The number of carboxylic acid groups (broad SMARTS) is 1. The maximum Gasteiger partial charge on any atom is 0.300 e. The van der Waals surface area contributed by atoms with E-state index in [9.17, 15) is 67.4 Å². The van der Waals surface area contributed by atoms with Gasteiger partial charge in [0.25, 0.3) is 5.97 Å². The highest BCUT2D eigenvalue weighted by Gasteiger charge is 2.40. The summed E-state index contributed by atoms with van der Waals surface area (Å²) in [5.41, 5.74) is 36.0. The van der Waals surface area contributed by atoms with Crippen molar-refractivity contribution in [2.45, 2.75) is 265 Å². The molecular weight excluding hydrogens is 1340 g/mol. The summed E-state index contributed by atoms with van der Waals surface area (Å²) < 4.78 is 0. The molecule has 0 aromatic rings. The average molecular weight is 1470 g/mol. The second-order valence-electron chi connectivity index (χ2n) is 28.2. The van der Waals surface area contributed by atoms with E-state index in [4.69, 9.17) is 50.0 Å². The Morgan fingerprint density at radius 3 is 0.932 bits per heavy atom. The summed E-state index contributed by atoms with van der Waals surface area (Å²) in [6.07, 6.45) is 2.04. The van der Waals surface area contributed by atoms with Crippen molar-refractivity contribution in [2.75, 3.05) is 32.8 Å². The van der Waals surface area contributed by atoms with Crippen LogP contribution >= 0.6 is 0 Å². The van der Waals surface area contributed by atoms with Crippen molar-refractivity contribution in [3.05, 3.63) is 0 Å². The smallest absolute Gasteiger partial charge is 0.300 e. The predicted molar refractivity (Wildman–Crippen MR) is 388 cm³/mol. The van der Waals surface area contributed by atoms with Crippen molar-refractivity contribution in [3.63, 3.8) is 0 Å². The van der Waals surface area contributed by atoms with Gasteiger partial charge in [-0.1, -0.05) is 55.4 Å². The van der Waals surface area contributed by atoms with E-state index >= 15 is 0 Å². The molecule has 0 saturated heterocycles. The number of hydrogen-bond acceptors (Lipinski definition) is 19. The molecule has 0 bridgehead atoms. The summed E-state index contributed by atoms with van der Waals surface area (Å²) in [6.45, 7) is 23.1. The molecular formula is C66H125N21O16. The van der Waals surface area contributed by atoms with E-state index in [0.29, 0.717) is 25.7 Å².